The van der Waals surface area contributed by atoms with Crippen molar-refractivity contribution in [1.82, 2.24) is 19.9 Å². The van der Waals surface area contributed by atoms with E-state index in [1.807, 2.05) is 61.0 Å². The van der Waals surface area contributed by atoms with Gasteiger partial charge in [0.2, 0.25) is 5.95 Å². The maximum Gasteiger partial charge on any atom is 0.323 e. The number of hydrogen-bond acceptors (Lipinski definition) is 5. The minimum absolute atomic E-state index is 0.103. The Labute approximate surface area is 214 Å². The van der Waals surface area contributed by atoms with E-state index in [1.54, 1.807) is 18.3 Å². The molecule has 3 amide bonds. The van der Waals surface area contributed by atoms with Crippen LogP contribution in [0.5, 0.6) is 0 Å². The number of carbonyl (C=O) groups excluding carboxylic acids is 2. The second-order valence-corrected chi connectivity index (χ2v) is 8.72. The van der Waals surface area contributed by atoms with Crippen molar-refractivity contribution in [2.75, 3.05) is 22.9 Å². The average molecular weight is 492 g/mol. The lowest BCUT2D eigenvalue weighted by Crippen LogP contribution is -2.31. The number of amides is 3. The zero-order valence-corrected chi connectivity index (χ0v) is 20.4. The van der Waals surface area contributed by atoms with Gasteiger partial charge in [-0.15, -0.1) is 0 Å². The highest BCUT2D eigenvalue weighted by molar-refractivity contribution is 6.00. The molecular formula is C28H25N7O2. The van der Waals surface area contributed by atoms with Crippen molar-refractivity contribution in [2.24, 2.45) is 7.05 Å². The molecule has 5 rings (SSSR count). The van der Waals surface area contributed by atoms with Gasteiger partial charge in [-0.2, -0.15) is 0 Å². The molecule has 4 aromatic rings. The third-order valence-corrected chi connectivity index (χ3v) is 6.07. The molecule has 0 bridgehead atoms. The van der Waals surface area contributed by atoms with Gasteiger partial charge in [0.25, 0.3) is 5.91 Å². The summed E-state index contributed by atoms with van der Waals surface area (Å²) >= 11 is 0. The SMILES string of the molecule is Cc1ccc(NC(=O)Nc2cccc(C#Cc3cnc(N)nc3-c3cc4c(n3C)CCNC4=O)c2)cc1. The predicted octanol–water partition coefficient (Wildman–Crippen LogP) is 3.70. The monoisotopic (exact) mass is 491 g/mol. The molecule has 3 heterocycles. The first-order valence-corrected chi connectivity index (χ1v) is 11.7. The Morgan fingerprint density at radius 2 is 1.86 bits per heavy atom. The van der Waals surface area contributed by atoms with Gasteiger partial charge in [-0.3, -0.25) is 4.79 Å². The number of nitrogens with one attached hydrogen (secondary N) is 3. The molecule has 0 saturated carbocycles. The van der Waals surface area contributed by atoms with E-state index in [1.165, 1.54) is 0 Å². The number of nitrogens with zero attached hydrogens (tertiary/aromatic N) is 3. The smallest absolute Gasteiger partial charge is 0.323 e. The molecule has 1 aliphatic rings. The van der Waals surface area contributed by atoms with Crippen LogP contribution in [0.25, 0.3) is 11.4 Å². The van der Waals surface area contributed by atoms with Crippen LogP contribution < -0.4 is 21.7 Å². The molecule has 37 heavy (non-hydrogen) atoms. The van der Waals surface area contributed by atoms with Gasteiger partial charge in [0.15, 0.2) is 0 Å². The van der Waals surface area contributed by atoms with Gasteiger partial charge in [-0.25, -0.2) is 14.8 Å². The summed E-state index contributed by atoms with van der Waals surface area (Å²) in [5, 5.41) is 8.50. The molecule has 9 heteroatoms. The number of nitrogen functional groups attached to an aromatic ring is 1. The quantitative estimate of drug-likeness (QED) is 0.325. The van der Waals surface area contributed by atoms with Crippen molar-refractivity contribution >= 4 is 29.3 Å². The number of benzene rings is 2. The Bertz CT molecular complexity index is 1580. The third-order valence-electron chi connectivity index (χ3n) is 6.07. The summed E-state index contributed by atoms with van der Waals surface area (Å²) in [6.45, 7) is 2.58. The van der Waals surface area contributed by atoms with Gasteiger partial charge in [0.1, 0.15) is 5.69 Å². The van der Waals surface area contributed by atoms with Crippen LogP contribution in [0.4, 0.5) is 22.1 Å². The Kier molecular flexibility index (Phi) is 6.31. The van der Waals surface area contributed by atoms with Crippen molar-refractivity contribution in [2.45, 2.75) is 13.3 Å². The van der Waals surface area contributed by atoms with Gasteiger partial charge in [-0.05, 0) is 43.3 Å². The molecule has 0 radical (unpaired) electrons. The zero-order chi connectivity index (χ0) is 25.9. The van der Waals surface area contributed by atoms with E-state index < -0.39 is 0 Å². The van der Waals surface area contributed by atoms with Crippen molar-refractivity contribution in [1.29, 1.82) is 0 Å². The molecule has 9 nitrogen and oxygen atoms in total. The summed E-state index contributed by atoms with van der Waals surface area (Å²) in [5.74, 6) is 6.26. The molecule has 0 atom stereocenters. The number of aryl methyl sites for hydroxylation is 1. The normalized spacial score (nSPS) is 12.1. The number of aromatic nitrogens is 3. The van der Waals surface area contributed by atoms with E-state index in [4.69, 9.17) is 5.73 Å². The van der Waals surface area contributed by atoms with E-state index in [0.717, 1.165) is 23.4 Å². The first-order chi connectivity index (χ1) is 17.9. The zero-order valence-electron chi connectivity index (χ0n) is 20.4. The predicted molar refractivity (Wildman–Crippen MR) is 143 cm³/mol. The summed E-state index contributed by atoms with van der Waals surface area (Å²) in [6.07, 6.45) is 2.31. The van der Waals surface area contributed by atoms with Gasteiger partial charge in [-0.1, -0.05) is 35.6 Å². The fourth-order valence-corrected chi connectivity index (χ4v) is 4.19. The fourth-order valence-electron chi connectivity index (χ4n) is 4.19. The molecule has 0 unspecified atom stereocenters. The van der Waals surface area contributed by atoms with E-state index in [9.17, 15) is 9.59 Å². The topological polar surface area (TPSA) is 127 Å². The number of carbonyl (C=O) groups is 2. The first-order valence-electron chi connectivity index (χ1n) is 11.7. The highest BCUT2D eigenvalue weighted by atomic mass is 16.2. The number of fused-ring (bicyclic) bond motifs is 1. The molecule has 0 fully saturated rings. The standard InChI is InChI=1S/C28H25N7O2/c1-17-6-10-20(11-7-17)32-28(37)33-21-5-3-4-18(14-21)8-9-19-16-31-27(29)34-25(19)24-15-22-23(35(24)2)12-13-30-26(22)36/h3-7,10-11,14-16H,12-13H2,1-2H3,(H,30,36)(H2,29,31,34)(H2,32,33,37). The van der Waals surface area contributed by atoms with E-state index >= 15 is 0 Å². The van der Waals surface area contributed by atoms with Crippen LogP contribution in [-0.2, 0) is 13.5 Å². The van der Waals surface area contributed by atoms with Crippen LogP contribution in [0.15, 0.2) is 60.8 Å². The van der Waals surface area contributed by atoms with Crippen molar-refractivity contribution in [3.05, 3.63) is 88.7 Å². The molecule has 0 aliphatic carbocycles. The van der Waals surface area contributed by atoms with E-state index in [0.29, 0.717) is 40.3 Å². The lowest BCUT2D eigenvalue weighted by atomic mass is 10.1. The lowest BCUT2D eigenvalue weighted by Gasteiger charge is -2.14. The summed E-state index contributed by atoms with van der Waals surface area (Å²) in [7, 11) is 1.90. The molecule has 1 aliphatic heterocycles. The maximum atomic E-state index is 12.4. The Morgan fingerprint density at radius 3 is 2.65 bits per heavy atom. The Hall–Kier alpha value is -5.10. The van der Waals surface area contributed by atoms with Gasteiger partial charge >= 0.3 is 6.03 Å². The summed E-state index contributed by atoms with van der Waals surface area (Å²) in [4.78, 5) is 33.3. The molecule has 0 spiro atoms. The molecule has 2 aromatic carbocycles. The minimum atomic E-state index is -0.347. The summed E-state index contributed by atoms with van der Waals surface area (Å²) in [6, 6.07) is 16.3. The van der Waals surface area contributed by atoms with E-state index in [-0.39, 0.29) is 17.9 Å². The lowest BCUT2D eigenvalue weighted by molar-refractivity contribution is 0.0945. The molecule has 2 aromatic heterocycles. The van der Waals surface area contributed by atoms with Gasteiger partial charge in [0, 0.05) is 48.8 Å². The molecule has 5 N–H and O–H groups in total. The second kappa shape index (κ2) is 9.87. The van der Waals surface area contributed by atoms with Crippen LogP contribution in [0.3, 0.4) is 0 Å². The van der Waals surface area contributed by atoms with Gasteiger partial charge in [0.05, 0.1) is 16.8 Å². The van der Waals surface area contributed by atoms with Crippen LogP contribution >= 0.6 is 0 Å². The first kappa shape index (κ1) is 23.6. The maximum absolute atomic E-state index is 12.4. The molecule has 0 saturated heterocycles. The minimum Gasteiger partial charge on any atom is -0.368 e. The number of hydrogen-bond donors (Lipinski definition) is 4. The fraction of sp³-hybridized carbons (Fsp3) is 0.143. The summed E-state index contributed by atoms with van der Waals surface area (Å²) in [5.41, 5.74) is 12.4. The number of rotatable bonds is 3. The Morgan fingerprint density at radius 1 is 1.08 bits per heavy atom. The summed E-state index contributed by atoms with van der Waals surface area (Å²) < 4.78 is 1.96. The number of urea groups is 1. The highest BCUT2D eigenvalue weighted by Crippen LogP contribution is 2.28. The molecular weight excluding hydrogens is 466 g/mol. The average Bonchev–Trinajstić information content (AvgIpc) is 3.22. The van der Waals surface area contributed by atoms with Crippen LogP contribution in [0, 0.1) is 18.8 Å². The second-order valence-electron chi connectivity index (χ2n) is 8.72. The van der Waals surface area contributed by atoms with Crippen molar-refractivity contribution in [3.63, 3.8) is 0 Å². The van der Waals surface area contributed by atoms with Gasteiger partial charge < -0.3 is 26.3 Å². The van der Waals surface area contributed by atoms with Crippen molar-refractivity contribution < 1.29 is 9.59 Å². The van der Waals surface area contributed by atoms with Crippen molar-refractivity contribution in [3.8, 4) is 23.2 Å². The van der Waals surface area contributed by atoms with Crippen LogP contribution in [0.2, 0.25) is 0 Å². The Balaban J connectivity index is 1.39. The highest BCUT2D eigenvalue weighted by Gasteiger charge is 2.24. The van der Waals surface area contributed by atoms with Crippen LogP contribution in [0.1, 0.15) is 32.7 Å². The van der Waals surface area contributed by atoms with Crippen LogP contribution in [-0.4, -0.2) is 33.0 Å². The largest absolute Gasteiger partial charge is 0.368 e. The number of anilines is 3. The third kappa shape index (κ3) is 5.13. The molecule has 184 valence electrons. The number of nitrogens with two attached hydrogens (primary N) is 1. The van der Waals surface area contributed by atoms with E-state index in [2.05, 4.69) is 37.8 Å².